The number of ether oxygens (including phenoxy) is 2. The molecule has 4 nitrogen and oxygen atoms in total. The van der Waals surface area contributed by atoms with Gasteiger partial charge in [-0.1, -0.05) is 36.4 Å². The lowest BCUT2D eigenvalue weighted by molar-refractivity contribution is -0.138. The lowest BCUT2D eigenvalue weighted by Crippen LogP contribution is -2.45. The highest BCUT2D eigenvalue weighted by Gasteiger charge is 2.31. The summed E-state index contributed by atoms with van der Waals surface area (Å²) in [5, 5.41) is 3.26. The van der Waals surface area contributed by atoms with Crippen molar-refractivity contribution in [2.75, 3.05) is 32.8 Å². The van der Waals surface area contributed by atoms with Crippen LogP contribution in [0, 0.1) is 0 Å². The monoisotopic (exact) mass is 422 g/mol. The Bertz CT molecular complexity index is 778. The zero-order valence-corrected chi connectivity index (χ0v) is 17.3. The van der Waals surface area contributed by atoms with E-state index in [1.54, 1.807) is 0 Å². The van der Waals surface area contributed by atoms with Crippen molar-refractivity contribution in [2.45, 2.75) is 38.6 Å². The van der Waals surface area contributed by atoms with Crippen LogP contribution in [0.4, 0.5) is 13.2 Å². The molecule has 2 aromatic rings. The Morgan fingerprint density at radius 3 is 2.40 bits per heavy atom. The molecule has 2 aromatic carbocycles. The molecule has 0 amide bonds. The zero-order valence-electron chi connectivity index (χ0n) is 17.3. The Labute approximate surface area is 176 Å². The van der Waals surface area contributed by atoms with E-state index in [9.17, 15) is 13.2 Å². The minimum Gasteiger partial charge on any atom is -0.490 e. The Morgan fingerprint density at radius 1 is 1.00 bits per heavy atom. The first-order valence-electron chi connectivity index (χ1n) is 10.4. The van der Waals surface area contributed by atoms with Crippen molar-refractivity contribution in [1.29, 1.82) is 0 Å². The van der Waals surface area contributed by atoms with E-state index < -0.39 is 12.6 Å². The molecule has 1 N–H and O–H groups in total. The van der Waals surface area contributed by atoms with Crippen LogP contribution in [0.5, 0.6) is 11.5 Å². The molecule has 164 valence electrons. The average molecular weight is 422 g/mol. The second-order valence-corrected chi connectivity index (χ2v) is 7.37. The fourth-order valence-corrected chi connectivity index (χ4v) is 3.71. The van der Waals surface area contributed by atoms with Crippen LogP contribution in [0.3, 0.4) is 0 Å². The summed E-state index contributed by atoms with van der Waals surface area (Å²) in [6.45, 7) is 5.72. The van der Waals surface area contributed by atoms with Gasteiger partial charge in [-0.05, 0) is 36.6 Å². The van der Waals surface area contributed by atoms with Crippen LogP contribution >= 0.6 is 0 Å². The Balaban J connectivity index is 1.80. The summed E-state index contributed by atoms with van der Waals surface area (Å²) < 4.78 is 50.6. The standard InChI is InChI=1S/C23H29F3N2O2/c1-2-29-22-16-19(8-9-21(22)30-17-18-6-4-3-5-7-18)20(10-11-23(24,25)26)28-14-12-27-13-15-28/h3-9,16,20,27H,2,10-15,17H2,1H3/t20-/m1/s1. The number of hydrogen-bond donors (Lipinski definition) is 1. The normalized spacial score (nSPS) is 16.3. The van der Waals surface area contributed by atoms with Crippen molar-refractivity contribution in [1.82, 2.24) is 10.2 Å². The molecule has 0 aliphatic carbocycles. The first kappa shape index (κ1) is 22.4. The van der Waals surface area contributed by atoms with Crippen LogP contribution in [0.1, 0.15) is 36.9 Å². The Morgan fingerprint density at radius 2 is 1.73 bits per heavy atom. The number of nitrogens with zero attached hydrogens (tertiary/aromatic N) is 1. The van der Waals surface area contributed by atoms with E-state index in [0.717, 1.165) is 37.3 Å². The topological polar surface area (TPSA) is 33.7 Å². The maximum Gasteiger partial charge on any atom is 0.389 e. The number of benzene rings is 2. The van der Waals surface area contributed by atoms with E-state index in [-0.39, 0.29) is 12.5 Å². The van der Waals surface area contributed by atoms with Gasteiger partial charge in [0.1, 0.15) is 6.61 Å². The molecule has 0 bridgehead atoms. The van der Waals surface area contributed by atoms with E-state index in [4.69, 9.17) is 9.47 Å². The van der Waals surface area contributed by atoms with Crippen molar-refractivity contribution in [3.63, 3.8) is 0 Å². The molecule has 1 aliphatic heterocycles. The van der Waals surface area contributed by atoms with Gasteiger partial charge in [0, 0.05) is 38.6 Å². The molecular formula is C23H29F3N2O2. The van der Waals surface area contributed by atoms with E-state index in [1.165, 1.54) is 0 Å². The predicted molar refractivity (Wildman–Crippen MR) is 111 cm³/mol. The van der Waals surface area contributed by atoms with Crippen LogP contribution in [-0.2, 0) is 6.61 Å². The number of alkyl halides is 3. The molecule has 1 atom stereocenters. The first-order chi connectivity index (χ1) is 14.5. The van der Waals surface area contributed by atoms with Gasteiger partial charge in [-0.15, -0.1) is 0 Å². The SMILES string of the molecule is CCOc1cc([C@@H](CCC(F)(F)F)N2CCNCC2)ccc1OCc1ccccc1. The van der Waals surface area contributed by atoms with Crippen LogP contribution < -0.4 is 14.8 Å². The summed E-state index contributed by atoms with van der Waals surface area (Å²) in [4.78, 5) is 2.12. The molecular weight excluding hydrogens is 393 g/mol. The van der Waals surface area contributed by atoms with Gasteiger partial charge in [-0.3, -0.25) is 4.90 Å². The lowest BCUT2D eigenvalue weighted by Gasteiger charge is -2.35. The zero-order chi connectivity index (χ0) is 21.4. The number of hydrogen-bond acceptors (Lipinski definition) is 4. The van der Waals surface area contributed by atoms with Crippen LogP contribution in [0.2, 0.25) is 0 Å². The number of halogens is 3. The quantitative estimate of drug-likeness (QED) is 0.620. The molecule has 1 fully saturated rings. The van der Waals surface area contributed by atoms with Crippen molar-refractivity contribution in [3.8, 4) is 11.5 Å². The van der Waals surface area contributed by atoms with Gasteiger partial charge in [0.25, 0.3) is 0 Å². The summed E-state index contributed by atoms with van der Waals surface area (Å²) in [6.07, 6.45) is -4.95. The van der Waals surface area contributed by atoms with Gasteiger partial charge >= 0.3 is 6.18 Å². The second-order valence-electron chi connectivity index (χ2n) is 7.37. The fourth-order valence-electron chi connectivity index (χ4n) is 3.71. The third-order valence-electron chi connectivity index (χ3n) is 5.18. The van der Waals surface area contributed by atoms with Gasteiger partial charge < -0.3 is 14.8 Å². The summed E-state index contributed by atoms with van der Waals surface area (Å²) >= 11 is 0. The van der Waals surface area contributed by atoms with Crippen molar-refractivity contribution >= 4 is 0 Å². The van der Waals surface area contributed by atoms with E-state index in [1.807, 2.05) is 55.5 Å². The molecule has 0 saturated carbocycles. The summed E-state index contributed by atoms with van der Waals surface area (Å²) in [5.74, 6) is 1.16. The molecule has 0 unspecified atom stereocenters. The largest absolute Gasteiger partial charge is 0.490 e. The number of nitrogens with one attached hydrogen (secondary N) is 1. The number of piperazine rings is 1. The third kappa shape index (κ3) is 6.64. The molecule has 30 heavy (non-hydrogen) atoms. The third-order valence-corrected chi connectivity index (χ3v) is 5.18. The first-order valence-corrected chi connectivity index (χ1v) is 10.4. The van der Waals surface area contributed by atoms with E-state index in [2.05, 4.69) is 10.2 Å². The summed E-state index contributed by atoms with van der Waals surface area (Å²) in [5.41, 5.74) is 1.87. The maximum atomic E-state index is 12.9. The molecule has 3 rings (SSSR count). The summed E-state index contributed by atoms with van der Waals surface area (Å²) in [6, 6.07) is 15.0. The molecule has 0 aromatic heterocycles. The summed E-state index contributed by atoms with van der Waals surface area (Å²) in [7, 11) is 0. The highest BCUT2D eigenvalue weighted by atomic mass is 19.4. The highest BCUT2D eigenvalue weighted by molar-refractivity contribution is 5.44. The minimum atomic E-state index is -4.17. The van der Waals surface area contributed by atoms with Crippen molar-refractivity contribution < 1.29 is 22.6 Å². The number of rotatable bonds is 9. The minimum absolute atomic E-state index is 0.0271. The maximum absolute atomic E-state index is 12.9. The van der Waals surface area contributed by atoms with Crippen LogP contribution in [0.25, 0.3) is 0 Å². The molecule has 1 saturated heterocycles. The average Bonchev–Trinajstić information content (AvgIpc) is 2.74. The van der Waals surface area contributed by atoms with Crippen molar-refractivity contribution in [3.05, 3.63) is 59.7 Å². The Hall–Kier alpha value is -2.25. The smallest absolute Gasteiger partial charge is 0.389 e. The van der Waals surface area contributed by atoms with Gasteiger partial charge in [-0.25, -0.2) is 0 Å². The van der Waals surface area contributed by atoms with Crippen LogP contribution in [0.15, 0.2) is 48.5 Å². The predicted octanol–water partition coefficient (Wildman–Crippen LogP) is 4.95. The van der Waals surface area contributed by atoms with Gasteiger partial charge in [-0.2, -0.15) is 13.2 Å². The lowest BCUT2D eigenvalue weighted by atomic mass is 9.98. The molecule has 1 aliphatic rings. The van der Waals surface area contributed by atoms with Crippen LogP contribution in [-0.4, -0.2) is 43.9 Å². The highest BCUT2D eigenvalue weighted by Crippen LogP contribution is 2.36. The van der Waals surface area contributed by atoms with Gasteiger partial charge in [0.05, 0.1) is 6.61 Å². The molecule has 0 radical (unpaired) electrons. The molecule has 1 heterocycles. The second kappa shape index (κ2) is 10.7. The Kier molecular flexibility index (Phi) is 7.99. The van der Waals surface area contributed by atoms with E-state index >= 15 is 0 Å². The van der Waals surface area contributed by atoms with E-state index in [0.29, 0.717) is 24.7 Å². The van der Waals surface area contributed by atoms with Gasteiger partial charge in [0.15, 0.2) is 11.5 Å². The fraction of sp³-hybridized carbons (Fsp3) is 0.478. The van der Waals surface area contributed by atoms with Gasteiger partial charge in [0.2, 0.25) is 0 Å². The molecule has 7 heteroatoms. The molecule has 0 spiro atoms. The van der Waals surface area contributed by atoms with Crippen molar-refractivity contribution in [2.24, 2.45) is 0 Å².